The Labute approximate surface area is 147 Å². The number of nitrogens with zero attached hydrogens (tertiary/aromatic N) is 1. The number of likely N-dealkylation sites (N-methyl/N-ethyl adjacent to an activating group) is 1. The quantitative estimate of drug-likeness (QED) is 0.778. The zero-order chi connectivity index (χ0) is 18.4. The summed E-state index contributed by atoms with van der Waals surface area (Å²) in [6, 6.07) is 5.52. The molecule has 1 aromatic carbocycles. The van der Waals surface area contributed by atoms with Gasteiger partial charge in [-0.05, 0) is 30.7 Å². The second-order valence-corrected chi connectivity index (χ2v) is 6.61. The van der Waals surface area contributed by atoms with Crippen LogP contribution < -0.4 is 14.8 Å². The number of amides is 1. The van der Waals surface area contributed by atoms with E-state index in [9.17, 15) is 9.59 Å². The summed E-state index contributed by atoms with van der Waals surface area (Å²) in [6.45, 7) is 5.13. The molecule has 1 amide bonds. The Morgan fingerprint density at radius 2 is 1.88 bits per heavy atom. The Morgan fingerprint density at radius 3 is 2.52 bits per heavy atom. The van der Waals surface area contributed by atoms with Crippen molar-refractivity contribution in [3.05, 3.63) is 23.8 Å². The Hall–Kier alpha value is -2.28. The van der Waals surface area contributed by atoms with Crippen LogP contribution in [0.1, 0.15) is 31.9 Å². The number of carboxylic acid groups (broad SMARTS) is 1. The molecule has 2 rings (SSSR count). The first-order valence-corrected chi connectivity index (χ1v) is 8.46. The van der Waals surface area contributed by atoms with Gasteiger partial charge in [-0.2, -0.15) is 0 Å². The lowest BCUT2D eigenvalue weighted by Crippen LogP contribution is -2.40. The van der Waals surface area contributed by atoms with Gasteiger partial charge in [0.2, 0.25) is 5.91 Å². The molecule has 0 saturated carbocycles. The highest BCUT2D eigenvalue weighted by atomic mass is 16.5. The monoisotopic (exact) mass is 350 g/mol. The minimum atomic E-state index is -0.960. The van der Waals surface area contributed by atoms with Crippen molar-refractivity contribution in [2.75, 3.05) is 33.4 Å². The molecule has 0 aliphatic carbocycles. The fourth-order valence-electron chi connectivity index (χ4n) is 2.76. The number of carboxylic acids is 1. The van der Waals surface area contributed by atoms with Crippen LogP contribution in [0.25, 0.3) is 0 Å². The Bertz CT molecular complexity index is 617. The van der Waals surface area contributed by atoms with Crippen LogP contribution >= 0.6 is 0 Å². The third-order valence-corrected chi connectivity index (χ3v) is 3.93. The van der Waals surface area contributed by atoms with E-state index in [1.165, 1.54) is 4.90 Å². The minimum Gasteiger partial charge on any atom is -0.490 e. The molecule has 1 unspecified atom stereocenters. The number of benzene rings is 1. The molecule has 1 atom stereocenters. The van der Waals surface area contributed by atoms with Crippen LogP contribution in [-0.2, 0) is 9.59 Å². The first-order valence-electron chi connectivity index (χ1n) is 8.46. The zero-order valence-corrected chi connectivity index (χ0v) is 14.9. The lowest BCUT2D eigenvalue weighted by molar-refractivity contribution is -0.138. The molecule has 7 heteroatoms. The van der Waals surface area contributed by atoms with Gasteiger partial charge in [0.05, 0.1) is 32.3 Å². The zero-order valence-electron chi connectivity index (χ0n) is 14.9. The molecule has 1 aliphatic heterocycles. The smallest absolute Gasteiger partial charge is 0.317 e. The maximum atomic E-state index is 12.3. The topological polar surface area (TPSA) is 88.1 Å². The van der Waals surface area contributed by atoms with Crippen molar-refractivity contribution in [2.24, 2.45) is 5.92 Å². The van der Waals surface area contributed by atoms with Crippen LogP contribution in [0, 0.1) is 5.92 Å². The van der Waals surface area contributed by atoms with Gasteiger partial charge in [0, 0.05) is 6.42 Å². The van der Waals surface area contributed by atoms with E-state index in [0.717, 1.165) is 17.7 Å². The predicted octanol–water partition coefficient (Wildman–Crippen LogP) is 1.68. The number of rotatable bonds is 7. The molecule has 0 spiro atoms. The molecule has 0 fully saturated rings. The molecular formula is C18H26N2O5. The number of hydrogen-bond donors (Lipinski definition) is 2. The average molecular weight is 350 g/mol. The van der Waals surface area contributed by atoms with Gasteiger partial charge in [-0.3, -0.25) is 14.5 Å². The summed E-state index contributed by atoms with van der Waals surface area (Å²) in [5.41, 5.74) is 0.938. The summed E-state index contributed by atoms with van der Waals surface area (Å²) in [4.78, 5) is 24.4. The van der Waals surface area contributed by atoms with E-state index in [0.29, 0.717) is 19.0 Å². The molecule has 0 aromatic heterocycles. The molecule has 0 radical (unpaired) electrons. The number of hydrogen-bond acceptors (Lipinski definition) is 5. The van der Waals surface area contributed by atoms with Gasteiger partial charge in [0.1, 0.15) is 0 Å². The third kappa shape index (κ3) is 5.63. The van der Waals surface area contributed by atoms with Gasteiger partial charge in [0.15, 0.2) is 11.5 Å². The van der Waals surface area contributed by atoms with Crippen molar-refractivity contribution >= 4 is 11.9 Å². The largest absolute Gasteiger partial charge is 0.490 e. The molecule has 1 aromatic rings. The van der Waals surface area contributed by atoms with E-state index in [4.69, 9.17) is 14.6 Å². The highest BCUT2D eigenvalue weighted by Crippen LogP contribution is 2.34. The van der Waals surface area contributed by atoms with Crippen molar-refractivity contribution in [3.63, 3.8) is 0 Å². The molecule has 1 heterocycles. The van der Waals surface area contributed by atoms with Crippen LogP contribution in [-0.4, -0.2) is 55.2 Å². The number of nitrogens with one attached hydrogen (secondary N) is 1. The fraction of sp³-hybridized carbons (Fsp3) is 0.556. The van der Waals surface area contributed by atoms with E-state index >= 15 is 0 Å². The first kappa shape index (κ1) is 19.1. The van der Waals surface area contributed by atoms with Gasteiger partial charge in [0.25, 0.3) is 0 Å². The maximum Gasteiger partial charge on any atom is 0.317 e. The summed E-state index contributed by atoms with van der Waals surface area (Å²) >= 11 is 0. The van der Waals surface area contributed by atoms with E-state index in [-0.39, 0.29) is 31.0 Å². The SMILES string of the molecule is CC(C)C(NC(=O)CN(C)CC(=O)O)c1ccc2c(c1)OCCCO2. The second-order valence-electron chi connectivity index (χ2n) is 6.61. The molecule has 2 N–H and O–H groups in total. The summed E-state index contributed by atoms with van der Waals surface area (Å²) in [5.74, 6) is 0.404. The number of carbonyl (C=O) groups is 2. The Morgan fingerprint density at radius 1 is 1.20 bits per heavy atom. The van der Waals surface area contributed by atoms with Crippen molar-refractivity contribution in [2.45, 2.75) is 26.3 Å². The predicted molar refractivity (Wildman–Crippen MR) is 92.9 cm³/mol. The standard InChI is InChI=1S/C18H26N2O5/c1-12(2)18(19-16(21)10-20(3)11-17(22)23)13-5-6-14-15(9-13)25-8-4-7-24-14/h5-6,9,12,18H,4,7-8,10-11H2,1-3H3,(H,19,21)(H,22,23). The summed E-state index contributed by atoms with van der Waals surface area (Å²) in [7, 11) is 1.60. The van der Waals surface area contributed by atoms with E-state index in [2.05, 4.69) is 5.32 Å². The highest BCUT2D eigenvalue weighted by Gasteiger charge is 2.22. The van der Waals surface area contributed by atoms with Crippen molar-refractivity contribution in [1.82, 2.24) is 10.2 Å². The summed E-state index contributed by atoms with van der Waals surface area (Å²) in [6.07, 6.45) is 0.838. The summed E-state index contributed by atoms with van der Waals surface area (Å²) < 4.78 is 11.4. The minimum absolute atomic E-state index is 0.0278. The molecule has 25 heavy (non-hydrogen) atoms. The molecule has 138 valence electrons. The summed E-state index contributed by atoms with van der Waals surface area (Å²) in [5, 5.41) is 11.8. The van der Waals surface area contributed by atoms with Gasteiger partial charge in [-0.1, -0.05) is 19.9 Å². The van der Waals surface area contributed by atoms with Gasteiger partial charge >= 0.3 is 5.97 Å². The van der Waals surface area contributed by atoms with Crippen LogP contribution in [0.5, 0.6) is 11.5 Å². The number of carbonyl (C=O) groups excluding carboxylic acids is 1. The normalized spacial score (nSPS) is 14.9. The van der Waals surface area contributed by atoms with Crippen LogP contribution in [0.15, 0.2) is 18.2 Å². The second kappa shape index (κ2) is 8.71. The highest BCUT2D eigenvalue weighted by molar-refractivity contribution is 5.79. The Kier molecular flexibility index (Phi) is 6.64. The number of fused-ring (bicyclic) bond motifs is 1. The molecular weight excluding hydrogens is 324 g/mol. The molecule has 7 nitrogen and oxygen atoms in total. The van der Waals surface area contributed by atoms with Crippen molar-refractivity contribution in [3.8, 4) is 11.5 Å². The van der Waals surface area contributed by atoms with E-state index in [1.54, 1.807) is 7.05 Å². The van der Waals surface area contributed by atoms with Crippen molar-refractivity contribution in [1.29, 1.82) is 0 Å². The van der Waals surface area contributed by atoms with Crippen LogP contribution in [0.4, 0.5) is 0 Å². The Balaban J connectivity index is 2.09. The molecule has 1 aliphatic rings. The number of ether oxygens (including phenoxy) is 2. The van der Waals surface area contributed by atoms with Gasteiger partial charge < -0.3 is 19.9 Å². The maximum absolute atomic E-state index is 12.3. The average Bonchev–Trinajstić information content (AvgIpc) is 2.75. The van der Waals surface area contributed by atoms with Crippen LogP contribution in [0.2, 0.25) is 0 Å². The van der Waals surface area contributed by atoms with Gasteiger partial charge in [-0.15, -0.1) is 0 Å². The van der Waals surface area contributed by atoms with Crippen LogP contribution in [0.3, 0.4) is 0 Å². The van der Waals surface area contributed by atoms with Gasteiger partial charge in [-0.25, -0.2) is 0 Å². The lowest BCUT2D eigenvalue weighted by atomic mass is 9.95. The first-order chi connectivity index (χ1) is 11.9. The third-order valence-electron chi connectivity index (χ3n) is 3.93. The van der Waals surface area contributed by atoms with E-state index < -0.39 is 5.97 Å². The number of aliphatic carboxylic acids is 1. The molecule has 0 saturated heterocycles. The van der Waals surface area contributed by atoms with E-state index in [1.807, 2.05) is 32.0 Å². The lowest BCUT2D eigenvalue weighted by Gasteiger charge is -2.25. The fourth-order valence-corrected chi connectivity index (χ4v) is 2.76. The molecule has 0 bridgehead atoms. The van der Waals surface area contributed by atoms with Crippen molar-refractivity contribution < 1.29 is 24.2 Å².